The fourth-order valence-electron chi connectivity index (χ4n) is 1.72. The van der Waals surface area contributed by atoms with E-state index in [0.29, 0.717) is 5.92 Å². The van der Waals surface area contributed by atoms with Gasteiger partial charge in [-0.1, -0.05) is 20.8 Å². The Balaban J connectivity index is 2.26. The summed E-state index contributed by atoms with van der Waals surface area (Å²) in [5, 5.41) is 6.41. The van der Waals surface area contributed by atoms with E-state index in [1.165, 1.54) is 12.8 Å². The summed E-state index contributed by atoms with van der Waals surface area (Å²) >= 11 is 0. The number of carbonyl (C=O) groups excluding carboxylic acids is 1. The summed E-state index contributed by atoms with van der Waals surface area (Å²) in [5.41, 5.74) is -0.215. The Bertz CT molecular complexity index is 208. The molecule has 88 valence electrons. The van der Waals surface area contributed by atoms with E-state index in [4.69, 9.17) is 0 Å². The molecule has 15 heavy (non-hydrogen) atoms. The lowest BCUT2D eigenvalue weighted by atomic mass is 9.89. The fourth-order valence-corrected chi connectivity index (χ4v) is 1.72. The Kier molecular flexibility index (Phi) is 4.58. The average Bonchev–Trinajstić information content (AvgIpc) is 2.27. The van der Waals surface area contributed by atoms with Crippen LogP contribution < -0.4 is 10.6 Å². The van der Waals surface area contributed by atoms with Gasteiger partial charge < -0.3 is 10.6 Å². The summed E-state index contributed by atoms with van der Waals surface area (Å²) < 4.78 is 0. The van der Waals surface area contributed by atoms with E-state index >= 15 is 0 Å². The minimum absolute atomic E-state index is 0.198. The Labute approximate surface area is 93.0 Å². The van der Waals surface area contributed by atoms with Crippen molar-refractivity contribution in [3.8, 4) is 0 Å². The summed E-state index contributed by atoms with van der Waals surface area (Å²) in [6, 6.07) is 0. The number of nitrogens with one attached hydrogen (secondary N) is 2. The number of piperidine rings is 1. The van der Waals surface area contributed by atoms with Crippen LogP contribution in [0.15, 0.2) is 0 Å². The van der Waals surface area contributed by atoms with Crippen LogP contribution in [0.1, 0.15) is 40.0 Å². The molecule has 3 nitrogen and oxygen atoms in total. The summed E-state index contributed by atoms with van der Waals surface area (Å²) in [5.74, 6) is 0.867. The topological polar surface area (TPSA) is 41.1 Å². The second kappa shape index (κ2) is 5.50. The first-order valence-electron chi connectivity index (χ1n) is 6.05. The first-order valence-corrected chi connectivity index (χ1v) is 6.05. The first-order chi connectivity index (χ1) is 7.06. The third-order valence-corrected chi connectivity index (χ3v) is 3.51. The summed E-state index contributed by atoms with van der Waals surface area (Å²) in [7, 11) is 0. The van der Waals surface area contributed by atoms with Crippen molar-refractivity contribution in [2.45, 2.75) is 40.0 Å². The summed E-state index contributed by atoms with van der Waals surface area (Å²) in [6.45, 7) is 9.11. The maximum atomic E-state index is 11.8. The van der Waals surface area contributed by atoms with Gasteiger partial charge >= 0.3 is 0 Å². The predicted molar refractivity (Wildman–Crippen MR) is 62.7 cm³/mol. The minimum atomic E-state index is -0.215. The molecule has 1 aliphatic rings. The van der Waals surface area contributed by atoms with Crippen molar-refractivity contribution >= 4 is 5.91 Å². The van der Waals surface area contributed by atoms with Crippen molar-refractivity contribution in [2.24, 2.45) is 11.3 Å². The molecule has 0 aromatic carbocycles. The van der Waals surface area contributed by atoms with E-state index in [2.05, 4.69) is 17.6 Å². The Morgan fingerprint density at radius 1 is 1.40 bits per heavy atom. The number of amides is 1. The molecule has 3 heteroatoms. The van der Waals surface area contributed by atoms with Crippen molar-refractivity contribution in [3.05, 3.63) is 0 Å². The van der Waals surface area contributed by atoms with E-state index < -0.39 is 0 Å². The van der Waals surface area contributed by atoms with Crippen LogP contribution in [0.3, 0.4) is 0 Å². The molecule has 1 saturated heterocycles. The normalized spacial score (nSPS) is 18.9. The molecule has 1 aliphatic heterocycles. The highest BCUT2D eigenvalue weighted by Crippen LogP contribution is 2.20. The lowest BCUT2D eigenvalue weighted by molar-refractivity contribution is -0.129. The lowest BCUT2D eigenvalue weighted by Gasteiger charge is -2.26. The SMILES string of the molecule is CCC(C)(C)C(=O)NCC1CCNCC1. The van der Waals surface area contributed by atoms with Crippen molar-refractivity contribution in [3.63, 3.8) is 0 Å². The second-order valence-corrected chi connectivity index (χ2v) is 5.14. The molecule has 2 N–H and O–H groups in total. The Morgan fingerprint density at radius 2 is 2.00 bits per heavy atom. The van der Waals surface area contributed by atoms with Gasteiger partial charge in [-0.3, -0.25) is 4.79 Å². The predicted octanol–water partition coefficient (Wildman–Crippen LogP) is 1.54. The molecule has 1 rings (SSSR count). The van der Waals surface area contributed by atoms with Crippen LogP contribution in [-0.4, -0.2) is 25.5 Å². The molecule has 0 aliphatic carbocycles. The lowest BCUT2D eigenvalue weighted by Crippen LogP contribution is -2.41. The molecule has 0 aromatic heterocycles. The van der Waals surface area contributed by atoms with Crippen LogP contribution in [0.2, 0.25) is 0 Å². The minimum Gasteiger partial charge on any atom is -0.355 e. The highest BCUT2D eigenvalue weighted by molar-refractivity contribution is 5.81. The molecule has 0 aromatic rings. The van der Waals surface area contributed by atoms with E-state index in [9.17, 15) is 4.79 Å². The zero-order chi connectivity index (χ0) is 11.3. The third kappa shape index (κ3) is 3.82. The maximum Gasteiger partial charge on any atom is 0.225 e. The molecular formula is C12H24N2O. The zero-order valence-electron chi connectivity index (χ0n) is 10.2. The van der Waals surface area contributed by atoms with Gasteiger partial charge in [0.1, 0.15) is 0 Å². The summed E-state index contributed by atoms with van der Waals surface area (Å²) in [6.07, 6.45) is 3.27. The van der Waals surface area contributed by atoms with Gasteiger partial charge in [0.05, 0.1) is 0 Å². The number of rotatable bonds is 4. The molecule has 0 atom stereocenters. The molecule has 0 radical (unpaired) electrons. The van der Waals surface area contributed by atoms with Crippen molar-refractivity contribution in [1.29, 1.82) is 0 Å². The molecule has 1 amide bonds. The van der Waals surface area contributed by atoms with Crippen LogP contribution in [0, 0.1) is 11.3 Å². The van der Waals surface area contributed by atoms with Gasteiger partial charge in [-0.25, -0.2) is 0 Å². The average molecular weight is 212 g/mol. The van der Waals surface area contributed by atoms with Gasteiger partial charge in [0.15, 0.2) is 0 Å². The van der Waals surface area contributed by atoms with E-state index in [1.54, 1.807) is 0 Å². The van der Waals surface area contributed by atoms with Crippen molar-refractivity contribution in [2.75, 3.05) is 19.6 Å². The quantitative estimate of drug-likeness (QED) is 0.742. The molecule has 0 bridgehead atoms. The van der Waals surface area contributed by atoms with E-state index in [1.807, 2.05) is 13.8 Å². The number of hydrogen-bond donors (Lipinski definition) is 2. The Hall–Kier alpha value is -0.570. The molecule has 0 spiro atoms. The zero-order valence-corrected chi connectivity index (χ0v) is 10.2. The molecule has 0 unspecified atom stereocenters. The van der Waals surface area contributed by atoms with Crippen molar-refractivity contribution < 1.29 is 4.79 Å². The highest BCUT2D eigenvalue weighted by Gasteiger charge is 2.25. The monoisotopic (exact) mass is 212 g/mol. The molecular weight excluding hydrogens is 188 g/mol. The third-order valence-electron chi connectivity index (χ3n) is 3.51. The fraction of sp³-hybridized carbons (Fsp3) is 0.917. The standard InChI is InChI=1S/C12H24N2O/c1-4-12(2,3)11(15)14-9-10-5-7-13-8-6-10/h10,13H,4-9H2,1-3H3,(H,14,15). The van der Waals surface area contributed by atoms with Crippen molar-refractivity contribution in [1.82, 2.24) is 10.6 Å². The van der Waals surface area contributed by atoms with Crippen LogP contribution in [-0.2, 0) is 4.79 Å². The van der Waals surface area contributed by atoms with Crippen LogP contribution in [0.4, 0.5) is 0 Å². The number of carbonyl (C=O) groups is 1. The molecule has 1 heterocycles. The second-order valence-electron chi connectivity index (χ2n) is 5.14. The Morgan fingerprint density at radius 3 is 2.53 bits per heavy atom. The highest BCUT2D eigenvalue weighted by atomic mass is 16.2. The van der Waals surface area contributed by atoms with E-state index in [-0.39, 0.29) is 11.3 Å². The van der Waals surface area contributed by atoms with Crippen LogP contribution in [0.5, 0.6) is 0 Å². The maximum absolute atomic E-state index is 11.8. The van der Waals surface area contributed by atoms with Gasteiger partial charge in [0, 0.05) is 12.0 Å². The summed E-state index contributed by atoms with van der Waals surface area (Å²) in [4.78, 5) is 11.8. The molecule has 1 fully saturated rings. The van der Waals surface area contributed by atoms with Gasteiger partial charge in [0.2, 0.25) is 5.91 Å². The van der Waals surface area contributed by atoms with E-state index in [0.717, 1.165) is 26.1 Å². The molecule has 0 saturated carbocycles. The van der Waals surface area contributed by atoms with Gasteiger partial charge in [-0.15, -0.1) is 0 Å². The number of hydrogen-bond acceptors (Lipinski definition) is 2. The van der Waals surface area contributed by atoms with Gasteiger partial charge in [-0.05, 0) is 38.3 Å². The first kappa shape index (κ1) is 12.5. The largest absolute Gasteiger partial charge is 0.355 e. The van der Waals surface area contributed by atoms with Crippen LogP contribution >= 0.6 is 0 Å². The smallest absolute Gasteiger partial charge is 0.225 e. The van der Waals surface area contributed by atoms with Crippen LogP contribution in [0.25, 0.3) is 0 Å². The van der Waals surface area contributed by atoms with Gasteiger partial charge in [0.25, 0.3) is 0 Å². The van der Waals surface area contributed by atoms with Gasteiger partial charge in [-0.2, -0.15) is 0 Å².